The van der Waals surface area contributed by atoms with Crippen LogP contribution in [-0.2, 0) is 0 Å². The number of carbonyl (C=O) groups excluding carboxylic acids is 1. The second-order valence-electron chi connectivity index (χ2n) is 13.3. The Labute approximate surface area is 295 Å². The fourth-order valence-electron chi connectivity index (χ4n) is 6.05. The third-order valence-corrected chi connectivity index (χ3v) is 9.99. The predicted octanol–water partition coefficient (Wildman–Crippen LogP) is 13.0. The van der Waals surface area contributed by atoms with Gasteiger partial charge in [-0.1, -0.05) is 118 Å². The lowest BCUT2D eigenvalue weighted by atomic mass is 9.82. The molecule has 2 fully saturated rings. The van der Waals surface area contributed by atoms with Gasteiger partial charge in [-0.15, -0.1) is 0 Å². The van der Waals surface area contributed by atoms with Crippen molar-refractivity contribution in [3.63, 3.8) is 0 Å². The van der Waals surface area contributed by atoms with Crippen LogP contribution in [0.2, 0.25) is 5.02 Å². The number of allylic oxidation sites excluding steroid dienone is 2. The number of aryl methyl sites for hydroxylation is 2. The summed E-state index contributed by atoms with van der Waals surface area (Å²) in [7, 11) is 0. The maximum atomic E-state index is 13.0. The fourth-order valence-corrected chi connectivity index (χ4v) is 6.24. The van der Waals surface area contributed by atoms with E-state index in [0.717, 1.165) is 64.5 Å². The minimum Gasteiger partial charge on any atom is -0.361 e. The number of benzene rings is 3. The molecule has 0 bridgehead atoms. The zero-order valence-corrected chi connectivity index (χ0v) is 31.0. The van der Waals surface area contributed by atoms with Crippen LogP contribution >= 0.6 is 11.6 Å². The van der Waals surface area contributed by atoms with Gasteiger partial charge < -0.3 is 9.88 Å². The van der Waals surface area contributed by atoms with Crippen molar-refractivity contribution in [1.82, 2.24) is 9.88 Å². The first-order valence-electron chi connectivity index (χ1n) is 18.1. The van der Waals surface area contributed by atoms with Crippen LogP contribution in [-0.4, -0.2) is 35.6 Å². The van der Waals surface area contributed by atoms with Crippen molar-refractivity contribution in [2.75, 3.05) is 19.8 Å². The molecule has 1 saturated heterocycles. The Balaban J connectivity index is 0.000000252. The van der Waals surface area contributed by atoms with Gasteiger partial charge in [0.15, 0.2) is 0 Å². The Kier molecular flexibility index (Phi) is 17.0. The number of hydrogen-bond acceptors (Lipinski definition) is 1. The molecule has 0 radical (unpaired) electrons. The normalized spacial score (nSPS) is 14.9. The van der Waals surface area contributed by atoms with Crippen LogP contribution in [0, 0.1) is 25.7 Å². The van der Waals surface area contributed by atoms with E-state index in [0.29, 0.717) is 12.3 Å². The number of H-pyrrole nitrogens is 1. The van der Waals surface area contributed by atoms with E-state index in [-0.39, 0.29) is 12.6 Å². The molecule has 0 unspecified atom stereocenters. The number of fused-ring (bicyclic) bond motifs is 1. The highest BCUT2D eigenvalue weighted by Gasteiger charge is 2.24. The van der Waals surface area contributed by atoms with Gasteiger partial charge in [0.05, 0.1) is 6.67 Å². The van der Waals surface area contributed by atoms with E-state index in [1.54, 1.807) is 6.92 Å². The summed E-state index contributed by atoms with van der Waals surface area (Å²) in [6.45, 7) is 14.1. The molecule has 1 saturated carbocycles. The molecule has 1 amide bonds. The topological polar surface area (TPSA) is 36.1 Å². The van der Waals surface area contributed by atoms with Crippen LogP contribution < -0.4 is 0 Å². The average Bonchev–Trinajstić information content (AvgIpc) is 3.53. The summed E-state index contributed by atoms with van der Waals surface area (Å²) >= 11 is 6.14. The number of nitrogens with one attached hydrogen (secondary N) is 1. The highest BCUT2D eigenvalue weighted by molar-refractivity contribution is 6.30. The summed E-state index contributed by atoms with van der Waals surface area (Å²) in [5.74, 6) is 1.87. The zero-order chi connectivity index (χ0) is 34.9. The van der Waals surface area contributed by atoms with Gasteiger partial charge in [0.25, 0.3) is 5.91 Å². The van der Waals surface area contributed by atoms with Crippen molar-refractivity contribution in [2.24, 2.45) is 11.8 Å². The quantitative estimate of drug-likeness (QED) is 0.195. The van der Waals surface area contributed by atoms with Crippen molar-refractivity contribution in [1.29, 1.82) is 0 Å². The van der Waals surface area contributed by atoms with Crippen molar-refractivity contribution in [2.45, 2.75) is 99.3 Å². The molecule has 2 heterocycles. The van der Waals surface area contributed by atoms with Gasteiger partial charge in [0.1, 0.15) is 0 Å². The number of unbranched alkanes of at least 4 members (excludes halogenated alkanes) is 1. The van der Waals surface area contributed by atoms with Gasteiger partial charge >= 0.3 is 0 Å². The van der Waals surface area contributed by atoms with Crippen molar-refractivity contribution in [3.8, 4) is 11.1 Å². The predicted molar refractivity (Wildman–Crippen MR) is 206 cm³/mol. The molecule has 1 N–H and O–H groups in total. The van der Waals surface area contributed by atoms with E-state index in [4.69, 9.17) is 11.6 Å². The second kappa shape index (κ2) is 20.9. The molecule has 1 aliphatic carbocycles. The lowest BCUT2D eigenvalue weighted by Gasteiger charge is -2.32. The second-order valence-corrected chi connectivity index (χ2v) is 13.7. The number of hydrogen-bond donors (Lipinski definition) is 1. The minimum atomic E-state index is -0.181. The number of rotatable bonds is 7. The summed E-state index contributed by atoms with van der Waals surface area (Å²) in [4.78, 5) is 18.3. The Morgan fingerprint density at radius 1 is 0.938 bits per heavy atom. The van der Waals surface area contributed by atoms with E-state index in [1.165, 1.54) is 55.2 Å². The number of likely N-dealkylation sites (tertiary alicyclic amines) is 1. The molecule has 2 aliphatic rings. The molecule has 5 heteroatoms. The van der Waals surface area contributed by atoms with Gasteiger partial charge in [-0.3, -0.25) is 9.18 Å². The standard InChI is InChI=1S/C24H25ClN2O.C8H10.C8H16.C3H7F/c1-3-16(2)17-9-11-27(12-10-17)24(28)19-7-8-21-22(15-26-23(21)14-19)18-5-4-6-20(25)13-18;1-7-5-3-4-6-8(7)2;1-2-3-5-8-6-4-7-8;1-2-3-4/h3-8,13-15,17,26H,9-12H2,1-2H3;3-6H,1-2H3;8H,2-7H2,1H3;2-3H2,1H3. The Hall–Kier alpha value is -3.37. The van der Waals surface area contributed by atoms with E-state index in [2.05, 4.69) is 69.9 Å². The van der Waals surface area contributed by atoms with Crippen LogP contribution in [0.3, 0.4) is 0 Å². The molecule has 6 rings (SSSR count). The lowest BCUT2D eigenvalue weighted by Crippen LogP contribution is -2.38. The first-order chi connectivity index (χ1) is 23.2. The maximum Gasteiger partial charge on any atom is 0.253 e. The molecule has 3 nitrogen and oxygen atoms in total. The molecule has 1 aliphatic heterocycles. The van der Waals surface area contributed by atoms with Crippen molar-refractivity contribution < 1.29 is 9.18 Å². The summed E-state index contributed by atoms with van der Waals surface area (Å²) in [6.07, 6.45) is 15.8. The van der Waals surface area contributed by atoms with Gasteiger partial charge in [-0.05, 0) is 99.7 Å². The van der Waals surface area contributed by atoms with Crippen LogP contribution in [0.15, 0.2) is 84.6 Å². The molecule has 0 spiro atoms. The molecule has 1 aromatic heterocycles. The smallest absolute Gasteiger partial charge is 0.253 e. The van der Waals surface area contributed by atoms with E-state index in [1.807, 2.05) is 53.6 Å². The number of carbonyl (C=O) groups is 1. The average molecular weight is 673 g/mol. The number of aromatic nitrogens is 1. The first-order valence-corrected chi connectivity index (χ1v) is 18.5. The molecular formula is C43H58ClFN2O. The molecule has 4 aromatic rings. The SMILES string of the molecule is CC=C(C)C1CCN(C(=O)c2ccc3c(-c4cccc(Cl)c4)c[nH]c3c2)CC1.CCCCC1CCC1.CCCF.Cc1ccccc1C. The molecule has 3 aromatic carbocycles. The molecule has 260 valence electrons. The largest absolute Gasteiger partial charge is 0.361 e. The van der Waals surface area contributed by atoms with Crippen LogP contribution in [0.1, 0.15) is 107 Å². The van der Waals surface area contributed by atoms with E-state index >= 15 is 0 Å². The van der Waals surface area contributed by atoms with Gasteiger partial charge in [0, 0.05) is 46.3 Å². The Bertz CT molecular complexity index is 1540. The van der Waals surface area contributed by atoms with Crippen LogP contribution in [0.5, 0.6) is 0 Å². The van der Waals surface area contributed by atoms with Crippen molar-refractivity contribution in [3.05, 3.63) is 106 Å². The number of amides is 1. The maximum absolute atomic E-state index is 13.0. The number of nitrogens with zero attached hydrogens (tertiary/aromatic N) is 1. The fraction of sp³-hybridized carbons (Fsp3) is 0.465. The number of aromatic amines is 1. The molecule has 48 heavy (non-hydrogen) atoms. The van der Waals surface area contributed by atoms with Crippen LogP contribution in [0.4, 0.5) is 4.39 Å². The van der Waals surface area contributed by atoms with Crippen molar-refractivity contribution >= 4 is 28.4 Å². The third-order valence-electron chi connectivity index (χ3n) is 9.75. The lowest BCUT2D eigenvalue weighted by molar-refractivity contribution is 0.0702. The number of piperidine rings is 1. The minimum absolute atomic E-state index is 0.123. The third kappa shape index (κ3) is 11.9. The monoisotopic (exact) mass is 672 g/mol. The highest BCUT2D eigenvalue weighted by atomic mass is 35.5. The summed E-state index contributed by atoms with van der Waals surface area (Å²) in [6, 6.07) is 22.1. The Morgan fingerprint density at radius 3 is 2.12 bits per heavy atom. The number of alkyl halides is 1. The van der Waals surface area contributed by atoms with E-state index in [9.17, 15) is 9.18 Å². The van der Waals surface area contributed by atoms with Gasteiger partial charge in [0.2, 0.25) is 0 Å². The number of halogens is 2. The Morgan fingerprint density at radius 2 is 1.60 bits per heavy atom. The van der Waals surface area contributed by atoms with Gasteiger partial charge in [-0.25, -0.2) is 0 Å². The first kappa shape index (κ1) is 39.1. The molecular weight excluding hydrogens is 615 g/mol. The summed E-state index contributed by atoms with van der Waals surface area (Å²) in [5.41, 5.74) is 8.06. The zero-order valence-electron chi connectivity index (χ0n) is 30.3. The highest BCUT2D eigenvalue weighted by Crippen LogP contribution is 2.32. The molecule has 0 atom stereocenters. The van der Waals surface area contributed by atoms with Gasteiger partial charge in [-0.2, -0.15) is 0 Å². The summed E-state index contributed by atoms with van der Waals surface area (Å²) in [5, 5.41) is 1.82. The summed E-state index contributed by atoms with van der Waals surface area (Å²) < 4.78 is 10.7. The van der Waals surface area contributed by atoms with Crippen LogP contribution in [0.25, 0.3) is 22.0 Å². The van der Waals surface area contributed by atoms with E-state index < -0.39 is 0 Å².